The molecule has 2 aliphatic heterocycles. The molecule has 0 unspecified atom stereocenters. The molecule has 2 saturated heterocycles. The highest BCUT2D eigenvalue weighted by atomic mass is 35.5. The van der Waals surface area contributed by atoms with Gasteiger partial charge in [0, 0.05) is 18.8 Å². The molecule has 8 heteroatoms. The number of anilines is 2. The van der Waals surface area contributed by atoms with Gasteiger partial charge in [-0.1, -0.05) is 41.4 Å². The summed E-state index contributed by atoms with van der Waals surface area (Å²) >= 11 is 12.2. The molecule has 0 aliphatic carbocycles. The fourth-order valence-electron chi connectivity index (χ4n) is 3.64. The highest BCUT2D eigenvalue weighted by Gasteiger charge is 2.38. The molecule has 4 rings (SSSR count). The minimum absolute atomic E-state index is 0.0576. The lowest BCUT2D eigenvalue weighted by Crippen LogP contribution is -2.54. The minimum Gasteiger partial charge on any atom is -0.372 e. The molecule has 2 heterocycles. The van der Waals surface area contributed by atoms with Crippen LogP contribution >= 0.6 is 23.2 Å². The third kappa shape index (κ3) is 3.93. The zero-order chi connectivity index (χ0) is 21.3. The van der Waals surface area contributed by atoms with Gasteiger partial charge in [0.25, 0.3) is 11.8 Å². The third-order valence-electron chi connectivity index (χ3n) is 5.20. The van der Waals surface area contributed by atoms with E-state index < -0.39 is 17.8 Å². The number of carbonyl (C=O) groups excluding carboxylic acids is 3. The van der Waals surface area contributed by atoms with E-state index in [1.165, 1.54) is 31.4 Å². The summed E-state index contributed by atoms with van der Waals surface area (Å²) in [5, 5.41) is 2.44. The van der Waals surface area contributed by atoms with Crippen molar-refractivity contribution in [1.82, 2.24) is 5.32 Å². The SMILES string of the molecule is O=C1NC(=O)N(c2cccc(Cl)c2Cl)C(=O)/C1=C/c1ccc(N2CCCCC2)cc1. The van der Waals surface area contributed by atoms with Crippen LogP contribution in [0.1, 0.15) is 24.8 Å². The maximum Gasteiger partial charge on any atom is 0.336 e. The Kier molecular flexibility index (Phi) is 5.79. The van der Waals surface area contributed by atoms with E-state index in [1.807, 2.05) is 24.3 Å². The summed E-state index contributed by atoms with van der Waals surface area (Å²) < 4.78 is 0. The first-order chi connectivity index (χ1) is 14.5. The van der Waals surface area contributed by atoms with Gasteiger partial charge >= 0.3 is 6.03 Å². The number of piperidine rings is 1. The Morgan fingerprint density at radius 3 is 2.30 bits per heavy atom. The molecule has 0 atom stereocenters. The van der Waals surface area contributed by atoms with E-state index in [0.29, 0.717) is 5.56 Å². The number of urea groups is 1. The number of rotatable bonds is 3. The van der Waals surface area contributed by atoms with E-state index in [1.54, 1.807) is 12.1 Å². The zero-order valence-electron chi connectivity index (χ0n) is 16.0. The lowest BCUT2D eigenvalue weighted by atomic mass is 10.1. The van der Waals surface area contributed by atoms with Crippen LogP contribution in [0.2, 0.25) is 10.0 Å². The Morgan fingerprint density at radius 2 is 1.60 bits per heavy atom. The predicted octanol–water partition coefficient (Wildman–Crippen LogP) is 4.65. The normalized spacial score (nSPS) is 18.7. The largest absolute Gasteiger partial charge is 0.372 e. The van der Waals surface area contributed by atoms with E-state index >= 15 is 0 Å². The third-order valence-corrected chi connectivity index (χ3v) is 6.01. The predicted molar refractivity (Wildman–Crippen MR) is 118 cm³/mol. The van der Waals surface area contributed by atoms with E-state index in [-0.39, 0.29) is 21.3 Å². The van der Waals surface area contributed by atoms with Gasteiger partial charge < -0.3 is 4.90 Å². The number of nitrogens with one attached hydrogen (secondary N) is 1. The molecule has 0 saturated carbocycles. The molecule has 2 aromatic carbocycles. The summed E-state index contributed by atoms with van der Waals surface area (Å²) in [5.74, 6) is -1.51. The fourth-order valence-corrected chi connectivity index (χ4v) is 4.02. The van der Waals surface area contributed by atoms with Crippen molar-refractivity contribution in [3.05, 3.63) is 63.6 Å². The molecule has 2 aliphatic rings. The summed E-state index contributed by atoms with van der Waals surface area (Å²) in [6, 6.07) is 11.4. The summed E-state index contributed by atoms with van der Waals surface area (Å²) in [5.41, 5.74) is 1.75. The molecule has 6 nitrogen and oxygen atoms in total. The number of nitrogens with zero attached hydrogens (tertiary/aromatic N) is 2. The highest BCUT2D eigenvalue weighted by Crippen LogP contribution is 2.34. The second-order valence-corrected chi connectivity index (χ2v) is 7.96. The number of carbonyl (C=O) groups is 3. The average Bonchev–Trinajstić information content (AvgIpc) is 2.75. The quantitative estimate of drug-likeness (QED) is 0.553. The molecular formula is C22H19Cl2N3O3. The molecule has 2 fully saturated rings. The van der Waals surface area contributed by atoms with Gasteiger partial charge in [0.1, 0.15) is 5.57 Å². The smallest absolute Gasteiger partial charge is 0.336 e. The van der Waals surface area contributed by atoms with E-state index in [4.69, 9.17) is 23.2 Å². The zero-order valence-corrected chi connectivity index (χ0v) is 17.5. The number of hydrogen-bond donors (Lipinski definition) is 1. The van der Waals surface area contributed by atoms with Crippen LogP contribution in [0.3, 0.4) is 0 Å². The number of amides is 4. The van der Waals surface area contributed by atoms with Gasteiger partial charge in [0.15, 0.2) is 0 Å². The van der Waals surface area contributed by atoms with Crippen LogP contribution in [-0.4, -0.2) is 30.9 Å². The molecular weight excluding hydrogens is 425 g/mol. The van der Waals surface area contributed by atoms with Gasteiger partial charge in [-0.3, -0.25) is 14.9 Å². The molecule has 0 bridgehead atoms. The summed E-state index contributed by atoms with van der Waals surface area (Å²) in [6.07, 6.45) is 5.08. The number of hydrogen-bond acceptors (Lipinski definition) is 4. The van der Waals surface area contributed by atoms with Crippen LogP contribution in [0.15, 0.2) is 48.0 Å². The van der Waals surface area contributed by atoms with Gasteiger partial charge in [-0.25, -0.2) is 9.69 Å². The van der Waals surface area contributed by atoms with Crippen molar-refractivity contribution in [3.8, 4) is 0 Å². The van der Waals surface area contributed by atoms with Crippen LogP contribution in [0.4, 0.5) is 16.2 Å². The van der Waals surface area contributed by atoms with Crippen molar-refractivity contribution in [1.29, 1.82) is 0 Å². The molecule has 0 spiro atoms. The van der Waals surface area contributed by atoms with Crippen LogP contribution in [0.5, 0.6) is 0 Å². The van der Waals surface area contributed by atoms with Crippen molar-refractivity contribution in [2.75, 3.05) is 22.9 Å². The standard InChI is InChI=1S/C22H19Cl2N3O3/c23-17-5-4-6-18(19(17)24)27-21(29)16(20(28)25-22(27)30)13-14-7-9-15(10-8-14)26-11-2-1-3-12-26/h4-10,13H,1-3,11-12H2,(H,25,28,30)/b16-13+. The average molecular weight is 444 g/mol. The van der Waals surface area contributed by atoms with E-state index in [0.717, 1.165) is 23.7 Å². The molecule has 154 valence electrons. The topological polar surface area (TPSA) is 69.7 Å². The second-order valence-electron chi connectivity index (χ2n) is 7.17. The van der Waals surface area contributed by atoms with Crippen molar-refractivity contribution in [2.45, 2.75) is 19.3 Å². The Labute approximate surface area is 184 Å². The van der Waals surface area contributed by atoms with Gasteiger partial charge in [-0.2, -0.15) is 0 Å². The molecule has 4 amide bonds. The Morgan fingerprint density at radius 1 is 0.900 bits per heavy atom. The van der Waals surface area contributed by atoms with Crippen LogP contribution in [-0.2, 0) is 9.59 Å². The van der Waals surface area contributed by atoms with Gasteiger partial charge in [0.2, 0.25) is 0 Å². The summed E-state index contributed by atoms with van der Waals surface area (Å²) in [4.78, 5) is 40.8. The first-order valence-corrected chi connectivity index (χ1v) is 10.4. The lowest BCUT2D eigenvalue weighted by molar-refractivity contribution is -0.122. The maximum atomic E-state index is 13.0. The Hall–Kier alpha value is -2.83. The number of imide groups is 2. The first kappa shape index (κ1) is 20.4. The van der Waals surface area contributed by atoms with Gasteiger partial charge in [-0.05, 0) is 55.2 Å². The first-order valence-electron chi connectivity index (χ1n) is 9.66. The number of benzene rings is 2. The van der Waals surface area contributed by atoms with Crippen molar-refractivity contribution in [3.63, 3.8) is 0 Å². The molecule has 2 aromatic rings. The van der Waals surface area contributed by atoms with Crippen molar-refractivity contribution >= 4 is 58.5 Å². The van der Waals surface area contributed by atoms with Crippen molar-refractivity contribution in [2.24, 2.45) is 0 Å². The monoisotopic (exact) mass is 443 g/mol. The number of halogens is 2. The van der Waals surface area contributed by atoms with E-state index in [9.17, 15) is 14.4 Å². The van der Waals surface area contributed by atoms with Gasteiger partial charge in [-0.15, -0.1) is 0 Å². The van der Waals surface area contributed by atoms with Crippen LogP contribution in [0.25, 0.3) is 6.08 Å². The van der Waals surface area contributed by atoms with E-state index in [2.05, 4.69) is 10.2 Å². The van der Waals surface area contributed by atoms with Crippen LogP contribution < -0.4 is 15.1 Å². The Balaban J connectivity index is 1.63. The lowest BCUT2D eigenvalue weighted by Gasteiger charge is -2.29. The molecule has 1 N–H and O–H groups in total. The highest BCUT2D eigenvalue weighted by molar-refractivity contribution is 6.46. The molecule has 30 heavy (non-hydrogen) atoms. The molecule has 0 radical (unpaired) electrons. The maximum absolute atomic E-state index is 13.0. The second kappa shape index (κ2) is 8.50. The summed E-state index contributed by atoms with van der Waals surface area (Å²) in [6.45, 7) is 2.05. The summed E-state index contributed by atoms with van der Waals surface area (Å²) in [7, 11) is 0. The van der Waals surface area contributed by atoms with Crippen LogP contribution in [0, 0.1) is 0 Å². The fraction of sp³-hybridized carbons (Fsp3) is 0.227. The van der Waals surface area contributed by atoms with Gasteiger partial charge in [0.05, 0.1) is 15.7 Å². The minimum atomic E-state index is -0.869. The van der Waals surface area contributed by atoms with Crippen molar-refractivity contribution < 1.29 is 14.4 Å². The Bertz CT molecular complexity index is 1040. The molecule has 0 aromatic heterocycles. The number of barbiturate groups is 1.